The number of carbonyl (C=O) groups excluding carboxylic acids is 1. The molecule has 3 rings (SSSR count). The van der Waals surface area contributed by atoms with Gasteiger partial charge in [0.15, 0.2) is 0 Å². The number of hydrogen-bond donors (Lipinski definition) is 0. The Labute approximate surface area is 144 Å². The summed E-state index contributed by atoms with van der Waals surface area (Å²) in [5, 5.41) is 0. The van der Waals surface area contributed by atoms with Crippen molar-refractivity contribution in [1.82, 2.24) is 4.90 Å². The Hall–Kier alpha value is -2.29. The smallest absolute Gasteiger partial charge is 0.223 e. The molecule has 0 spiro atoms. The first-order valence-corrected chi connectivity index (χ1v) is 8.66. The maximum absolute atomic E-state index is 12.7. The second kappa shape index (κ2) is 7.52. The van der Waals surface area contributed by atoms with Gasteiger partial charge in [0.05, 0.1) is 13.2 Å². The molecule has 0 radical (unpaired) electrons. The molecule has 2 aromatic carbocycles. The van der Waals surface area contributed by atoms with Gasteiger partial charge in [0.1, 0.15) is 5.75 Å². The second-order valence-electron chi connectivity index (χ2n) is 6.50. The Morgan fingerprint density at radius 2 is 1.83 bits per heavy atom. The molecule has 1 unspecified atom stereocenters. The Morgan fingerprint density at radius 3 is 2.50 bits per heavy atom. The third-order valence-corrected chi connectivity index (χ3v) is 4.82. The fraction of sp³-hybridized carbons (Fsp3) is 0.381. The standard InChI is InChI=1S/C21H25NO2/c1-16-5-7-17(8-6-16)9-14-21(23)22-15-3-4-20(22)18-10-12-19(24-2)13-11-18/h5-8,10-13,20H,3-4,9,14-15H2,1-2H3. The minimum Gasteiger partial charge on any atom is -0.497 e. The van der Waals surface area contributed by atoms with Crippen LogP contribution in [0.1, 0.15) is 42.0 Å². The SMILES string of the molecule is COc1ccc(C2CCCN2C(=O)CCc2ccc(C)cc2)cc1. The van der Waals surface area contributed by atoms with Gasteiger partial charge in [-0.05, 0) is 49.4 Å². The average Bonchev–Trinajstić information content (AvgIpc) is 3.11. The summed E-state index contributed by atoms with van der Waals surface area (Å²) >= 11 is 0. The fourth-order valence-corrected chi connectivity index (χ4v) is 3.39. The Bertz CT molecular complexity index is 676. The van der Waals surface area contributed by atoms with E-state index in [9.17, 15) is 4.79 Å². The van der Waals surface area contributed by atoms with E-state index >= 15 is 0 Å². The van der Waals surface area contributed by atoms with Crippen LogP contribution in [0.4, 0.5) is 0 Å². The minimum atomic E-state index is 0.210. The highest BCUT2D eigenvalue weighted by atomic mass is 16.5. The normalized spacial score (nSPS) is 17.1. The van der Waals surface area contributed by atoms with Gasteiger partial charge in [-0.25, -0.2) is 0 Å². The number of methoxy groups -OCH3 is 1. The molecule has 126 valence electrons. The zero-order chi connectivity index (χ0) is 16.9. The van der Waals surface area contributed by atoms with E-state index in [0.717, 1.165) is 31.6 Å². The van der Waals surface area contributed by atoms with Gasteiger partial charge >= 0.3 is 0 Å². The molecule has 1 aliphatic heterocycles. The second-order valence-corrected chi connectivity index (χ2v) is 6.50. The van der Waals surface area contributed by atoms with Crippen LogP contribution in [0.5, 0.6) is 5.75 Å². The van der Waals surface area contributed by atoms with Gasteiger partial charge < -0.3 is 9.64 Å². The van der Waals surface area contributed by atoms with Crippen molar-refractivity contribution < 1.29 is 9.53 Å². The molecule has 3 heteroatoms. The number of hydrogen-bond acceptors (Lipinski definition) is 2. The van der Waals surface area contributed by atoms with E-state index in [4.69, 9.17) is 4.74 Å². The summed E-state index contributed by atoms with van der Waals surface area (Å²) in [6, 6.07) is 16.8. The summed E-state index contributed by atoms with van der Waals surface area (Å²) in [5.41, 5.74) is 3.69. The first-order chi connectivity index (χ1) is 11.7. The van der Waals surface area contributed by atoms with Gasteiger partial charge in [-0.3, -0.25) is 4.79 Å². The summed E-state index contributed by atoms with van der Waals surface area (Å²) in [5.74, 6) is 1.11. The van der Waals surface area contributed by atoms with Crippen molar-refractivity contribution in [3.8, 4) is 5.75 Å². The molecule has 1 heterocycles. The Morgan fingerprint density at radius 1 is 1.12 bits per heavy atom. The van der Waals surface area contributed by atoms with E-state index in [1.54, 1.807) is 7.11 Å². The lowest BCUT2D eigenvalue weighted by atomic mass is 10.0. The largest absolute Gasteiger partial charge is 0.497 e. The summed E-state index contributed by atoms with van der Waals surface area (Å²) in [4.78, 5) is 14.7. The molecule has 0 saturated carbocycles. The molecule has 1 fully saturated rings. The van der Waals surface area contributed by atoms with Crippen LogP contribution in [0.15, 0.2) is 48.5 Å². The number of ether oxygens (including phenoxy) is 1. The van der Waals surface area contributed by atoms with Crippen LogP contribution in [-0.2, 0) is 11.2 Å². The number of likely N-dealkylation sites (tertiary alicyclic amines) is 1. The lowest BCUT2D eigenvalue weighted by Gasteiger charge is -2.25. The lowest BCUT2D eigenvalue weighted by molar-refractivity contribution is -0.132. The fourth-order valence-electron chi connectivity index (χ4n) is 3.39. The highest BCUT2D eigenvalue weighted by molar-refractivity contribution is 5.77. The highest BCUT2D eigenvalue weighted by Crippen LogP contribution is 2.33. The van der Waals surface area contributed by atoms with Gasteiger partial charge in [0, 0.05) is 13.0 Å². The predicted molar refractivity (Wildman–Crippen MR) is 96.2 cm³/mol. The maximum Gasteiger partial charge on any atom is 0.223 e. The number of nitrogens with zero attached hydrogens (tertiary/aromatic N) is 1. The van der Waals surface area contributed by atoms with Crippen LogP contribution in [0.3, 0.4) is 0 Å². The van der Waals surface area contributed by atoms with Crippen LogP contribution in [0.2, 0.25) is 0 Å². The van der Waals surface area contributed by atoms with E-state index in [0.29, 0.717) is 6.42 Å². The van der Waals surface area contributed by atoms with Crippen molar-refractivity contribution in [2.75, 3.05) is 13.7 Å². The molecule has 1 atom stereocenters. The van der Waals surface area contributed by atoms with Crippen molar-refractivity contribution in [1.29, 1.82) is 0 Å². The number of carbonyl (C=O) groups is 1. The van der Waals surface area contributed by atoms with Crippen LogP contribution in [0.25, 0.3) is 0 Å². The van der Waals surface area contributed by atoms with Crippen molar-refractivity contribution in [3.63, 3.8) is 0 Å². The van der Waals surface area contributed by atoms with E-state index in [1.807, 2.05) is 12.1 Å². The van der Waals surface area contributed by atoms with E-state index in [1.165, 1.54) is 16.7 Å². The van der Waals surface area contributed by atoms with E-state index in [2.05, 4.69) is 48.2 Å². The van der Waals surface area contributed by atoms with Crippen LogP contribution in [0, 0.1) is 6.92 Å². The first kappa shape index (κ1) is 16.6. The molecule has 1 aliphatic rings. The molecular formula is C21H25NO2. The van der Waals surface area contributed by atoms with Gasteiger partial charge in [-0.1, -0.05) is 42.0 Å². The topological polar surface area (TPSA) is 29.5 Å². The molecular weight excluding hydrogens is 298 g/mol. The average molecular weight is 323 g/mol. The molecule has 24 heavy (non-hydrogen) atoms. The number of benzene rings is 2. The molecule has 1 saturated heterocycles. The molecule has 1 amide bonds. The molecule has 0 aromatic heterocycles. The predicted octanol–water partition coefficient (Wildman–Crippen LogP) is 4.30. The number of amides is 1. The van der Waals surface area contributed by atoms with Crippen LogP contribution in [-0.4, -0.2) is 24.5 Å². The van der Waals surface area contributed by atoms with Gasteiger partial charge in [-0.2, -0.15) is 0 Å². The molecule has 0 bridgehead atoms. The third-order valence-electron chi connectivity index (χ3n) is 4.82. The molecule has 2 aromatic rings. The Balaban J connectivity index is 1.63. The number of aryl methyl sites for hydroxylation is 2. The minimum absolute atomic E-state index is 0.210. The Kier molecular flexibility index (Phi) is 5.19. The number of rotatable bonds is 5. The summed E-state index contributed by atoms with van der Waals surface area (Å²) in [6.45, 7) is 2.95. The van der Waals surface area contributed by atoms with Crippen LogP contribution < -0.4 is 4.74 Å². The summed E-state index contributed by atoms with van der Waals surface area (Å²) < 4.78 is 5.22. The zero-order valence-corrected chi connectivity index (χ0v) is 14.5. The molecule has 3 nitrogen and oxygen atoms in total. The zero-order valence-electron chi connectivity index (χ0n) is 14.5. The third kappa shape index (κ3) is 3.78. The lowest BCUT2D eigenvalue weighted by Crippen LogP contribution is -2.30. The quantitative estimate of drug-likeness (QED) is 0.821. The first-order valence-electron chi connectivity index (χ1n) is 8.66. The van der Waals surface area contributed by atoms with Crippen molar-refractivity contribution >= 4 is 5.91 Å². The van der Waals surface area contributed by atoms with Gasteiger partial charge in [0.25, 0.3) is 0 Å². The van der Waals surface area contributed by atoms with Gasteiger partial charge in [-0.15, -0.1) is 0 Å². The van der Waals surface area contributed by atoms with Crippen molar-refractivity contribution in [2.24, 2.45) is 0 Å². The monoisotopic (exact) mass is 323 g/mol. The van der Waals surface area contributed by atoms with Gasteiger partial charge in [0.2, 0.25) is 5.91 Å². The molecule has 0 N–H and O–H groups in total. The van der Waals surface area contributed by atoms with Crippen molar-refractivity contribution in [2.45, 2.75) is 38.6 Å². The van der Waals surface area contributed by atoms with Crippen LogP contribution >= 0.6 is 0 Å². The summed E-state index contributed by atoms with van der Waals surface area (Å²) in [7, 11) is 1.67. The van der Waals surface area contributed by atoms with E-state index in [-0.39, 0.29) is 11.9 Å². The maximum atomic E-state index is 12.7. The highest BCUT2D eigenvalue weighted by Gasteiger charge is 2.29. The van der Waals surface area contributed by atoms with E-state index < -0.39 is 0 Å². The molecule has 0 aliphatic carbocycles. The summed E-state index contributed by atoms with van der Waals surface area (Å²) in [6.07, 6.45) is 3.51. The van der Waals surface area contributed by atoms with Crippen molar-refractivity contribution in [3.05, 3.63) is 65.2 Å².